The molecule has 1 aromatic heterocycles. The zero-order valence-electron chi connectivity index (χ0n) is 16.8. The number of aromatic nitrogens is 4. The molecule has 0 spiro atoms. The van der Waals surface area contributed by atoms with Gasteiger partial charge in [-0.3, -0.25) is 4.79 Å². The molecule has 1 aliphatic carbocycles. The molecular weight excluding hydrogens is 358 g/mol. The van der Waals surface area contributed by atoms with Crippen LogP contribution in [0.2, 0.25) is 0 Å². The first kappa shape index (κ1) is 19.9. The summed E-state index contributed by atoms with van der Waals surface area (Å²) in [5.41, 5.74) is 3.24. The first-order valence-corrected chi connectivity index (χ1v) is 10.6. The maximum absolute atomic E-state index is 12.7. The molecule has 0 unspecified atom stereocenters. The molecule has 0 saturated heterocycles. The van der Waals surface area contributed by atoms with E-state index < -0.39 is 0 Å². The van der Waals surface area contributed by atoms with Crippen molar-refractivity contribution in [3.63, 3.8) is 0 Å². The van der Waals surface area contributed by atoms with Gasteiger partial charge in [0.05, 0.1) is 10.9 Å². The Morgan fingerprint density at radius 1 is 1.30 bits per heavy atom. The summed E-state index contributed by atoms with van der Waals surface area (Å²) >= 11 is 1.40. The molecule has 7 heteroatoms. The minimum Gasteiger partial charge on any atom is -0.352 e. The van der Waals surface area contributed by atoms with Gasteiger partial charge in [-0.25, -0.2) is 0 Å². The highest BCUT2D eigenvalue weighted by Crippen LogP contribution is 2.30. The molecule has 6 nitrogen and oxygen atoms in total. The first-order valence-electron chi connectivity index (χ1n) is 9.70. The Hall–Kier alpha value is -1.89. The Bertz CT molecular complexity index is 805. The largest absolute Gasteiger partial charge is 0.352 e. The third kappa shape index (κ3) is 4.51. The monoisotopic (exact) mass is 387 g/mol. The number of hydrogen-bond acceptors (Lipinski definition) is 5. The number of benzene rings is 1. The molecule has 1 N–H and O–H groups in total. The van der Waals surface area contributed by atoms with E-state index in [0.29, 0.717) is 17.0 Å². The number of carbonyl (C=O) groups excluding carboxylic acids is 1. The van der Waals surface area contributed by atoms with Crippen molar-refractivity contribution < 1.29 is 4.79 Å². The van der Waals surface area contributed by atoms with Gasteiger partial charge in [0.25, 0.3) is 0 Å². The van der Waals surface area contributed by atoms with Crippen LogP contribution in [0.5, 0.6) is 0 Å². The molecule has 0 aliphatic heterocycles. The highest BCUT2D eigenvalue weighted by molar-refractivity contribution is 8.00. The van der Waals surface area contributed by atoms with Crippen molar-refractivity contribution >= 4 is 17.7 Å². The van der Waals surface area contributed by atoms with Crippen LogP contribution in [-0.2, 0) is 4.79 Å². The molecule has 1 aromatic carbocycles. The molecule has 4 atom stereocenters. The maximum atomic E-state index is 12.7. The van der Waals surface area contributed by atoms with Crippen LogP contribution in [0.1, 0.15) is 51.2 Å². The molecule has 1 aliphatic rings. The van der Waals surface area contributed by atoms with E-state index in [4.69, 9.17) is 0 Å². The van der Waals surface area contributed by atoms with Crippen LogP contribution in [0.15, 0.2) is 23.4 Å². The Kier molecular flexibility index (Phi) is 6.19. The number of nitrogens with one attached hydrogen (secondary N) is 1. The van der Waals surface area contributed by atoms with Crippen LogP contribution < -0.4 is 5.32 Å². The van der Waals surface area contributed by atoms with E-state index in [1.165, 1.54) is 30.2 Å². The zero-order chi connectivity index (χ0) is 19.6. The number of hydrogen-bond donors (Lipinski definition) is 1. The lowest BCUT2D eigenvalue weighted by molar-refractivity contribution is -0.121. The predicted molar refractivity (Wildman–Crippen MR) is 108 cm³/mol. The zero-order valence-corrected chi connectivity index (χ0v) is 17.6. The van der Waals surface area contributed by atoms with Crippen LogP contribution in [0, 0.1) is 25.7 Å². The minimum absolute atomic E-state index is 0.0566. The summed E-state index contributed by atoms with van der Waals surface area (Å²) in [5, 5.41) is 15.7. The maximum Gasteiger partial charge on any atom is 0.233 e. The summed E-state index contributed by atoms with van der Waals surface area (Å²) in [6.45, 7) is 10.5. The topological polar surface area (TPSA) is 72.7 Å². The Morgan fingerprint density at radius 2 is 2.07 bits per heavy atom. The molecule has 27 heavy (non-hydrogen) atoms. The molecule has 2 aromatic rings. The Morgan fingerprint density at radius 3 is 2.81 bits per heavy atom. The quantitative estimate of drug-likeness (QED) is 0.792. The van der Waals surface area contributed by atoms with Gasteiger partial charge in [-0.2, -0.15) is 4.68 Å². The van der Waals surface area contributed by atoms with Gasteiger partial charge in [-0.1, -0.05) is 56.1 Å². The van der Waals surface area contributed by atoms with Gasteiger partial charge in [0.15, 0.2) is 0 Å². The van der Waals surface area contributed by atoms with Gasteiger partial charge in [0, 0.05) is 6.04 Å². The third-order valence-electron chi connectivity index (χ3n) is 5.71. The molecule has 3 rings (SSSR count). The fourth-order valence-corrected chi connectivity index (χ4v) is 4.55. The van der Waals surface area contributed by atoms with Gasteiger partial charge in [-0.15, -0.1) is 5.10 Å². The highest BCUT2D eigenvalue weighted by atomic mass is 32.2. The van der Waals surface area contributed by atoms with Gasteiger partial charge < -0.3 is 5.32 Å². The molecule has 1 fully saturated rings. The van der Waals surface area contributed by atoms with Crippen molar-refractivity contribution in [3.05, 3.63) is 29.3 Å². The van der Waals surface area contributed by atoms with Crippen molar-refractivity contribution in [2.75, 3.05) is 0 Å². The lowest BCUT2D eigenvalue weighted by atomic mass is 9.78. The lowest BCUT2D eigenvalue weighted by Gasteiger charge is -2.35. The fraction of sp³-hybridized carbons (Fsp3) is 0.600. The third-order valence-corrected chi connectivity index (χ3v) is 6.74. The number of amides is 1. The van der Waals surface area contributed by atoms with Gasteiger partial charge >= 0.3 is 0 Å². The number of thioether (sulfide) groups is 1. The fourth-order valence-electron chi connectivity index (χ4n) is 3.74. The van der Waals surface area contributed by atoms with E-state index in [9.17, 15) is 4.79 Å². The number of rotatable bonds is 5. The summed E-state index contributed by atoms with van der Waals surface area (Å²) in [4.78, 5) is 12.7. The number of carbonyl (C=O) groups is 1. The van der Waals surface area contributed by atoms with Crippen molar-refractivity contribution in [1.82, 2.24) is 25.5 Å². The molecular formula is C20H29N5OS. The van der Waals surface area contributed by atoms with Crippen molar-refractivity contribution in [1.29, 1.82) is 0 Å². The molecule has 1 amide bonds. The highest BCUT2D eigenvalue weighted by Gasteiger charge is 2.30. The Labute approximate surface area is 165 Å². The molecule has 0 radical (unpaired) electrons. The second-order valence-corrected chi connectivity index (χ2v) is 9.11. The normalized spacial score (nSPS) is 23.8. The summed E-state index contributed by atoms with van der Waals surface area (Å²) in [7, 11) is 0. The summed E-state index contributed by atoms with van der Waals surface area (Å²) in [5.74, 6) is 1.23. The second kappa shape index (κ2) is 8.42. The van der Waals surface area contributed by atoms with E-state index >= 15 is 0 Å². The SMILES string of the molecule is Cc1ccc(-n2nnnc2S[C@H](C)C(=O)N[C@@H]2CCC[C@@H](C)[C@H]2C)c(C)c1. The molecule has 0 bridgehead atoms. The van der Waals surface area contributed by atoms with E-state index in [1.54, 1.807) is 4.68 Å². The number of nitrogens with zero attached hydrogens (tertiary/aromatic N) is 4. The summed E-state index contributed by atoms with van der Waals surface area (Å²) in [6.07, 6.45) is 3.50. The van der Waals surface area contributed by atoms with Crippen molar-refractivity contribution in [2.24, 2.45) is 11.8 Å². The average molecular weight is 388 g/mol. The van der Waals surface area contributed by atoms with Crippen LogP contribution in [0.4, 0.5) is 0 Å². The van der Waals surface area contributed by atoms with Crippen LogP contribution in [0.3, 0.4) is 0 Å². The lowest BCUT2D eigenvalue weighted by Crippen LogP contribution is -2.46. The van der Waals surface area contributed by atoms with Gasteiger partial charge in [-0.05, 0) is 61.1 Å². The first-order chi connectivity index (χ1) is 12.9. The van der Waals surface area contributed by atoms with Gasteiger partial charge in [0.2, 0.25) is 11.1 Å². The summed E-state index contributed by atoms with van der Waals surface area (Å²) in [6, 6.07) is 6.42. The standard InChI is InChI=1S/C20H29N5OS/c1-12-9-10-18(14(3)11-12)25-20(22-23-24-25)27-16(5)19(26)21-17-8-6-7-13(2)15(17)4/h9-11,13,15-17H,6-8H2,1-5H3,(H,21,26)/t13-,15-,16-,17-/m1/s1. The van der Waals surface area contributed by atoms with Gasteiger partial charge in [0.1, 0.15) is 0 Å². The van der Waals surface area contributed by atoms with E-state index in [0.717, 1.165) is 17.7 Å². The minimum atomic E-state index is -0.259. The van der Waals surface area contributed by atoms with Crippen molar-refractivity contribution in [2.45, 2.75) is 70.3 Å². The number of tetrazole rings is 1. The predicted octanol–water partition coefficient (Wildman–Crippen LogP) is 3.70. The van der Waals surface area contributed by atoms with E-state index in [2.05, 4.69) is 47.7 Å². The molecule has 1 heterocycles. The summed E-state index contributed by atoms with van der Waals surface area (Å²) < 4.78 is 1.72. The van der Waals surface area contributed by atoms with Crippen LogP contribution in [-0.4, -0.2) is 37.4 Å². The van der Waals surface area contributed by atoms with E-state index in [1.807, 2.05) is 26.0 Å². The van der Waals surface area contributed by atoms with Crippen LogP contribution >= 0.6 is 11.8 Å². The smallest absolute Gasteiger partial charge is 0.233 e. The number of aryl methyl sites for hydroxylation is 2. The van der Waals surface area contributed by atoms with E-state index in [-0.39, 0.29) is 17.2 Å². The molecule has 146 valence electrons. The van der Waals surface area contributed by atoms with Crippen LogP contribution in [0.25, 0.3) is 5.69 Å². The molecule has 1 saturated carbocycles. The van der Waals surface area contributed by atoms with Crippen molar-refractivity contribution in [3.8, 4) is 5.69 Å². The Balaban J connectivity index is 1.69. The average Bonchev–Trinajstić information content (AvgIpc) is 3.06. The second-order valence-electron chi connectivity index (χ2n) is 7.81.